The van der Waals surface area contributed by atoms with Gasteiger partial charge in [0.05, 0.1) is 29.5 Å². The van der Waals surface area contributed by atoms with Crippen LogP contribution in [0.15, 0.2) is 66.9 Å². The van der Waals surface area contributed by atoms with Gasteiger partial charge in [-0.25, -0.2) is 4.79 Å². The van der Waals surface area contributed by atoms with E-state index in [4.69, 9.17) is 4.74 Å². The fourth-order valence-corrected chi connectivity index (χ4v) is 3.04. The maximum Gasteiger partial charge on any atom is 0.412 e. The molecule has 0 aliphatic carbocycles. The number of benzene rings is 2. The lowest BCUT2D eigenvalue weighted by Crippen LogP contribution is -2.47. The second-order valence-corrected chi connectivity index (χ2v) is 6.39. The quantitative estimate of drug-likeness (QED) is 0.631. The van der Waals surface area contributed by atoms with E-state index in [-0.39, 0.29) is 24.1 Å². The lowest BCUT2D eigenvalue weighted by Gasteiger charge is -2.23. The Bertz CT molecular complexity index is 857. The molecule has 3 amide bonds. The third-order valence-electron chi connectivity index (χ3n) is 4.19. The highest BCUT2D eigenvalue weighted by Gasteiger charge is 2.36. The third-order valence-corrected chi connectivity index (χ3v) is 4.19. The molecular weight excluding hydrogens is 344 g/mol. The highest BCUT2D eigenvalue weighted by Crippen LogP contribution is 2.23. The summed E-state index contributed by atoms with van der Waals surface area (Å²) in [5.41, 5.74) is 1.73. The Morgan fingerprint density at radius 1 is 1.04 bits per heavy atom. The van der Waals surface area contributed by atoms with Crippen LogP contribution in [0.1, 0.15) is 33.2 Å². The molecule has 0 radical (unpaired) electrons. The maximum absolute atomic E-state index is 12.6. The number of carbonyl (C=O) groups excluding carboxylic acids is 3. The molecule has 1 heterocycles. The molecule has 2 aromatic rings. The average Bonchev–Trinajstić information content (AvgIpc) is 2.87. The Kier molecular flexibility index (Phi) is 5.35. The van der Waals surface area contributed by atoms with Crippen molar-refractivity contribution in [3.63, 3.8) is 0 Å². The van der Waals surface area contributed by atoms with E-state index >= 15 is 0 Å². The Morgan fingerprint density at radius 2 is 1.59 bits per heavy atom. The van der Waals surface area contributed by atoms with Gasteiger partial charge in [0, 0.05) is 0 Å². The van der Waals surface area contributed by atoms with Crippen LogP contribution >= 0.6 is 0 Å². The fraction of sp³-hybridized carbons (Fsp3) is 0.190. The van der Waals surface area contributed by atoms with Gasteiger partial charge in [0.15, 0.2) is 0 Å². The first-order chi connectivity index (χ1) is 13.0. The summed E-state index contributed by atoms with van der Waals surface area (Å²) in [6.45, 7) is 5.15. The highest BCUT2D eigenvalue weighted by atomic mass is 16.6. The fourth-order valence-electron chi connectivity index (χ4n) is 3.04. The summed E-state index contributed by atoms with van der Waals surface area (Å²) in [4.78, 5) is 38.4. The van der Waals surface area contributed by atoms with Crippen molar-refractivity contribution in [1.82, 2.24) is 10.2 Å². The Hall–Kier alpha value is -3.41. The van der Waals surface area contributed by atoms with Gasteiger partial charge in [-0.2, -0.15) is 0 Å². The van der Waals surface area contributed by atoms with Gasteiger partial charge in [-0.3, -0.25) is 14.5 Å². The van der Waals surface area contributed by atoms with Crippen molar-refractivity contribution in [1.29, 1.82) is 0 Å². The lowest BCUT2D eigenvalue weighted by molar-refractivity contribution is 0.0635. The smallest absolute Gasteiger partial charge is 0.412 e. The third kappa shape index (κ3) is 4.23. The van der Waals surface area contributed by atoms with Gasteiger partial charge in [0.25, 0.3) is 11.8 Å². The molecule has 0 unspecified atom stereocenters. The molecule has 2 aromatic carbocycles. The number of carbonyl (C=O) groups is 3. The summed E-state index contributed by atoms with van der Waals surface area (Å²) in [6.07, 6.45) is -0.223. The minimum absolute atomic E-state index is 0.0481. The van der Waals surface area contributed by atoms with Crippen molar-refractivity contribution in [2.45, 2.75) is 19.4 Å². The van der Waals surface area contributed by atoms with Crippen LogP contribution in [-0.4, -0.2) is 35.4 Å². The van der Waals surface area contributed by atoms with Crippen molar-refractivity contribution in [3.8, 4) is 0 Å². The number of nitrogens with zero attached hydrogens (tertiary/aromatic N) is 1. The summed E-state index contributed by atoms with van der Waals surface area (Å²) in [5.74, 6) is -0.459. The zero-order valence-electron chi connectivity index (χ0n) is 15.0. The average molecular weight is 364 g/mol. The number of ether oxygens (including phenoxy) is 1. The number of hydrogen-bond acceptors (Lipinski definition) is 4. The van der Waals surface area contributed by atoms with E-state index in [9.17, 15) is 14.4 Å². The van der Waals surface area contributed by atoms with E-state index in [1.165, 1.54) is 4.90 Å². The van der Waals surface area contributed by atoms with E-state index in [1.807, 2.05) is 30.3 Å². The standard InChI is InChI=1S/C21H20N2O4/c1-14(2)27-21(26)22-16(12-15-8-4-3-5-9-15)13-23-19(24)17-10-6-7-11-18(17)20(23)25/h3-11,16H,1,12-13H2,2H3,(H,22,26)/t16-/m0/s1. The van der Waals surface area contributed by atoms with Crippen molar-refractivity contribution in [2.24, 2.45) is 0 Å². The van der Waals surface area contributed by atoms with Crippen LogP contribution in [0.3, 0.4) is 0 Å². The first-order valence-corrected chi connectivity index (χ1v) is 8.58. The van der Waals surface area contributed by atoms with Crippen molar-refractivity contribution >= 4 is 17.9 Å². The van der Waals surface area contributed by atoms with Crippen LogP contribution in [0.2, 0.25) is 0 Å². The number of alkyl carbamates (subject to hydrolysis) is 1. The molecule has 1 aliphatic heterocycles. The zero-order chi connectivity index (χ0) is 19.4. The maximum atomic E-state index is 12.6. The van der Waals surface area contributed by atoms with Gasteiger partial charge in [-0.15, -0.1) is 0 Å². The van der Waals surface area contributed by atoms with E-state index < -0.39 is 12.1 Å². The zero-order valence-corrected chi connectivity index (χ0v) is 15.0. The van der Waals surface area contributed by atoms with Crippen molar-refractivity contribution in [2.75, 3.05) is 6.54 Å². The largest absolute Gasteiger partial charge is 0.416 e. The molecular formula is C21H20N2O4. The summed E-state index contributed by atoms with van der Waals surface area (Å²) in [7, 11) is 0. The minimum Gasteiger partial charge on any atom is -0.416 e. The lowest BCUT2D eigenvalue weighted by atomic mass is 10.1. The van der Waals surface area contributed by atoms with Crippen molar-refractivity contribution < 1.29 is 19.1 Å². The van der Waals surface area contributed by atoms with Crippen LogP contribution in [0.4, 0.5) is 4.79 Å². The monoisotopic (exact) mass is 364 g/mol. The molecule has 3 rings (SSSR count). The number of fused-ring (bicyclic) bond motifs is 1. The van der Waals surface area contributed by atoms with Gasteiger partial charge in [0.1, 0.15) is 0 Å². The van der Waals surface area contributed by atoms with Crippen LogP contribution in [0.5, 0.6) is 0 Å². The van der Waals surface area contributed by atoms with Crippen LogP contribution in [0, 0.1) is 0 Å². The SMILES string of the molecule is C=C(C)OC(=O)N[C@@H](Cc1ccccc1)CN1C(=O)c2ccccc2C1=O. The van der Waals surface area contributed by atoms with E-state index in [1.54, 1.807) is 31.2 Å². The van der Waals surface area contributed by atoms with E-state index in [2.05, 4.69) is 11.9 Å². The summed E-state index contributed by atoms with van der Waals surface area (Å²) in [5, 5.41) is 2.72. The molecule has 27 heavy (non-hydrogen) atoms. The molecule has 0 spiro atoms. The molecule has 6 nitrogen and oxygen atoms in total. The summed E-state index contributed by atoms with van der Waals surface area (Å²) in [6, 6.07) is 15.7. The van der Waals surface area contributed by atoms with Gasteiger partial charge < -0.3 is 10.1 Å². The molecule has 0 saturated heterocycles. The number of allylic oxidation sites excluding steroid dienone is 1. The minimum atomic E-state index is -0.667. The van der Waals surface area contributed by atoms with Crippen LogP contribution in [0.25, 0.3) is 0 Å². The number of rotatable bonds is 6. The summed E-state index contributed by atoms with van der Waals surface area (Å²) >= 11 is 0. The number of nitrogens with one attached hydrogen (secondary N) is 1. The molecule has 0 aromatic heterocycles. The van der Waals surface area contributed by atoms with Gasteiger partial charge in [-0.05, 0) is 31.0 Å². The van der Waals surface area contributed by atoms with Crippen LogP contribution in [-0.2, 0) is 11.2 Å². The van der Waals surface area contributed by atoms with E-state index in [0.29, 0.717) is 17.5 Å². The molecule has 6 heteroatoms. The molecule has 0 saturated carbocycles. The number of hydrogen-bond donors (Lipinski definition) is 1. The van der Waals surface area contributed by atoms with Crippen LogP contribution < -0.4 is 5.32 Å². The predicted molar refractivity (Wildman–Crippen MR) is 100 cm³/mol. The topological polar surface area (TPSA) is 75.7 Å². The second-order valence-electron chi connectivity index (χ2n) is 6.39. The van der Waals surface area contributed by atoms with Gasteiger partial charge in [0.2, 0.25) is 0 Å². The first kappa shape index (κ1) is 18.4. The first-order valence-electron chi connectivity index (χ1n) is 8.58. The Morgan fingerprint density at radius 3 is 2.15 bits per heavy atom. The van der Waals surface area contributed by atoms with E-state index in [0.717, 1.165) is 5.56 Å². The molecule has 138 valence electrons. The molecule has 1 atom stereocenters. The predicted octanol–water partition coefficient (Wildman–Crippen LogP) is 3.15. The molecule has 1 N–H and O–H groups in total. The summed E-state index contributed by atoms with van der Waals surface area (Å²) < 4.78 is 4.97. The normalized spacial score (nSPS) is 13.9. The van der Waals surface area contributed by atoms with Gasteiger partial charge >= 0.3 is 6.09 Å². The molecule has 0 fully saturated rings. The second kappa shape index (κ2) is 7.86. The number of amides is 3. The van der Waals surface area contributed by atoms with Crippen molar-refractivity contribution in [3.05, 3.63) is 83.6 Å². The number of imide groups is 1. The highest BCUT2D eigenvalue weighted by molar-refractivity contribution is 6.21. The van der Waals surface area contributed by atoms with Gasteiger partial charge in [-0.1, -0.05) is 49.0 Å². The Balaban J connectivity index is 1.78. The molecule has 1 aliphatic rings. The molecule has 0 bridgehead atoms. The Labute approximate surface area is 157 Å².